The van der Waals surface area contributed by atoms with Crippen LogP contribution < -0.4 is 0 Å². The Morgan fingerprint density at radius 1 is 1.75 bits per heavy atom. The molecule has 3 nitrogen and oxygen atoms in total. The number of hydrogen-bond acceptors (Lipinski definition) is 3. The molecule has 0 aromatic heterocycles. The number of carbonyl (C=O) groups is 1. The molecule has 0 spiro atoms. The zero-order valence-corrected chi connectivity index (χ0v) is 5.09. The van der Waals surface area contributed by atoms with Crippen LogP contribution in [0.15, 0.2) is 0 Å². The van der Waals surface area contributed by atoms with Crippen LogP contribution in [-0.4, -0.2) is 26.3 Å². The van der Waals surface area contributed by atoms with Gasteiger partial charge in [-0.05, 0) is 6.92 Å². The van der Waals surface area contributed by atoms with Gasteiger partial charge < -0.3 is 14.3 Å². The summed E-state index contributed by atoms with van der Waals surface area (Å²) in [4.78, 5) is 9.64. The quantitative estimate of drug-likeness (QED) is 0.390. The van der Waals surface area contributed by atoms with Gasteiger partial charge in [-0.3, -0.25) is 0 Å². The number of rotatable bonds is 4. The molecule has 0 aliphatic heterocycles. The van der Waals surface area contributed by atoms with Crippen LogP contribution in [0.2, 0.25) is 0 Å². The van der Waals surface area contributed by atoms with E-state index in [1.54, 1.807) is 6.92 Å². The topological polar surface area (TPSA) is 35.5 Å². The maximum Gasteiger partial charge on any atom is 0.154 e. The maximum atomic E-state index is 9.64. The lowest BCUT2D eigenvalue weighted by atomic mass is 10.7. The molecule has 0 rings (SSSR count). The van der Waals surface area contributed by atoms with Crippen molar-refractivity contribution in [3.05, 3.63) is 0 Å². The second-order valence-electron chi connectivity index (χ2n) is 1.30. The monoisotopic (exact) mass is 118 g/mol. The number of hydrogen-bond donors (Lipinski definition) is 0. The molecule has 0 aromatic carbocycles. The predicted molar refractivity (Wildman–Crippen MR) is 28.5 cm³/mol. The van der Waals surface area contributed by atoms with Gasteiger partial charge in [0, 0.05) is 7.11 Å². The molecule has 1 unspecified atom stereocenters. The molecule has 0 saturated carbocycles. The minimum Gasteiger partial charge on any atom is -0.356 e. The van der Waals surface area contributed by atoms with Crippen LogP contribution in [0.3, 0.4) is 0 Å². The van der Waals surface area contributed by atoms with Gasteiger partial charge in [-0.15, -0.1) is 0 Å². The predicted octanol–water partition coefficient (Wildman–Crippen LogP) is 0.194. The van der Waals surface area contributed by atoms with Crippen molar-refractivity contribution in [2.24, 2.45) is 0 Å². The largest absolute Gasteiger partial charge is 0.356 e. The van der Waals surface area contributed by atoms with Gasteiger partial charge in [-0.2, -0.15) is 0 Å². The molecule has 0 aromatic rings. The van der Waals surface area contributed by atoms with Gasteiger partial charge >= 0.3 is 0 Å². The Labute approximate surface area is 48.6 Å². The van der Waals surface area contributed by atoms with E-state index in [1.165, 1.54) is 7.11 Å². The highest BCUT2D eigenvalue weighted by atomic mass is 16.7. The van der Waals surface area contributed by atoms with Crippen molar-refractivity contribution in [3.8, 4) is 0 Å². The van der Waals surface area contributed by atoms with E-state index in [9.17, 15) is 4.79 Å². The first kappa shape index (κ1) is 7.59. The smallest absolute Gasteiger partial charge is 0.154 e. The molecule has 48 valence electrons. The summed E-state index contributed by atoms with van der Waals surface area (Å²) >= 11 is 0. The molecule has 1 atom stereocenters. The third-order valence-corrected chi connectivity index (χ3v) is 0.731. The summed E-state index contributed by atoms with van der Waals surface area (Å²) in [5, 5.41) is 0. The molecule has 0 heterocycles. The lowest BCUT2D eigenvalue weighted by molar-refractivity contribution is -0.132. The normalized spacial score (nSPS) is 13.2. The van der Waals surface area contributed by atoms with Crippen LogP contribution in [0.4, 0.5) is 0 Å². The minimum atomic E-state index is -0.278. The first-order chi connectivity index (χ1) is 3.81. The Morgan fingerprint density at radius 3 is 2.75 bits per heavy atom. The lowest BCUT2D eigenvalue weighted by Gasteiger charge is -2.06. The Balaban J connectivity index is 2.97. The highest BCUT2D eigenvalue weighted by Crippen LogP contribution is 1.86. The van der Waals surface area contributed by atoms with Gasteiger partial charge in [0.2, 0.25) is 0 Å². The summed E-state index contributed by atoms with van der Waals surface area (Å²) in [6.07, 6.45) is 0.412. The van der Waals surface area contributed by atoms with Crippen LogP contribution in [0.5, 0.6) is 0 Å². The SMILES string of the molecule is COC(C)OCC=O. The van der Waals surface area contributed by atoms with E-state index in [-0.39, 0.29) is 12.9 Å². The number of aldehydes is 1. The fourth-order valence-corrected chi connectivity index (χ4v) is 0.243. The van der Waals surface area contributed by atoms with Crippen LogP contribution >= 0.6 is 0 Å². The molecule has 3 heteroatoms. The summed E-state index contributed by atoms with van der Waals surface area (Å²) in [7, 11) is 1.52. The van der Waals surface area contributed by atoms with Gasteiger partial charge in [-0.25, -0.2) is 0 Å². The Kier molecular flexibility index (Phi) is 4.50. The molecular formula is C5H10O3. The van der Waals surface area contributed by atoms with E-state index < -0.39 is 0 Å². The second-order valence-corrected chi connectivity index (χ2v) is 1.30. The van der Waals surface area contributed by atoms with Gasteiger partial charge in [0.15, 0.2) is 6.29 Å². The number of ether oxygens (including phenoxy) is 2. The molecule has 0 saturated heterocycles. The summed E-state index contributed by atoms with van der Waals surface area (Å²) in [5.41, 5.74) is 0. The average molecular weight is 118 g/mol. The summed E-state index contributed by atoms with van der Waals surface area (Å²) in [6, 6.07) is 0. The highest BCUT2D eigenvalue weighted by molar-refractivity contribution is 5.50. The van der Waals surface area contributed by atoms with E-state index in [2.05, 4.69) is 4.74 Å². The van der Waals surface area contributed by atoms with Crippen molar-refractivity contribution < 1.29 is 14.3 Å². The first-order valence-corrected chi connectivity index (χ1v) is 2.39. The standard InChI is InChI=1S/C5H10O3/c1-5(7-2)8-4-3-6/h3,5H,4H2,1-2H3. The Bertz CT molecular complexity index is 62.7. The summed E-state index contributed by atoms with van der Waals surface area (Å²) < 4.78 is 9.42. The van der Waals surface area contributed by atoms with Crippen LogP contribution in [0.25, 0.3) is 0 Å². The van der Waals surface area contributed by atoms with Crippen molar-refractivity contribution in [1.29, 1.82) is 0 Å². The van der Waals surface area contributed by atoms with E-state index >= 15 is 0 Å². The third-order valence-electron chi connectivity index (χ3n) is 0.731. The lowest BCUT2D eigenvalue weighted by Crippen LogP contribution is -2.11. The van der Waals surface area contributed by atoms with Crippen LogP contribution in [-0.2, 0) is 14.3 Å². The molecule has 0 N–H and O–H groups in total. The average Bonchev–Trinajstić information content (AvgIpc) is 1.83. The van der Waals surface area contributed by atoms with Crippen molar-refractivity contribution in [2.75, 3.05) is 13.7 Å². The highest BCUT2D eigenvalue weighted by Gasteiger charge is 1.94. The molecule has 0 radical (unpaired) electrons. The zero-order valence-electron chi connectivity index (χ0n) is 5.09. The molecule has 0 amide bonds. The number of methoxy groups -OCH3 is 1. The minimum absolute atomic E-state index is 0.106. The van der Waals surface area contributed by atoms with Crippen LogP contribution in [0, 0.1) is 0 Å². The van der Waals surface area contributed by atoms with Gasteiger partial charge in [0.05, 0.1) is 0 Å². The zero-order chi connectivity index (χ0) is 6.41. The fraction of sp³-hybridized carbons (Fsp3) is 0.800. The van der Waals surface area contributed by atoms with Crippen molar-refractivity contribution in [3.63, 3.8) is 0 Å². The van der Waals surface area contributed by atoms with Crippen molar-refractivity contribution in [2.45, 2.75) is 13.2 Å². The van der Waals surface area contributed by atoms with Crippen molar-refractivity contribution >= 4 is 6.29 Å². The van der Waals surface area contributed by atoms with Gasteiger partial charge in [-0.1, -0.05) is 0 Å². The third kappa shape index (κ3) is 3.77. The molecular weight excluding hydrogens is 108 g/mol. The molecule has 0 aliphatic rings. The van der Waals surface area contributed by atoms with E-state index in [0.717, 1.165) is 0 Å². The number of carbonyl (C=O) groups excluding carboxylic acids is 1. The van der Waals surface area contributed by atoms with E-state index in [4.69, 9.17) is 4.74 Å². The molecule has 8 heavy (non-hydrogen) atoms. The molecule has 0 fully saturated rings. The van der Waals surface area contributed by atoms with Gasteiger partial charge in [0.25, 0.3) is 0 Å². The van der Waals surface area contributed by atoms with E-state index in [0.29, 0.717) is 6.29 Å². The Morgan fingerprint density at radius 2 is 2.38 bits per heavy atom. The maximum absolute atomic E-state index is 9.64. The van der Waals surface area contributed by atoms with Gasteiger partial charge in [0.1, 0.15) is 12.9 Å². The summed E-state index contributed by atoms with van der Waals surface area (Å²) in [6.45, 7) is 1.83. The Hall–Kier alpha value is -0.410. The van der Waals surface area contributed by atoms with Crippen LogP contribution in [0.1, 0.15) is 6.92 Å². The fourth-order valence-electron chi connectivity index (χ4n) is 0.243. The van der Waals surface area contributed by atoms with Crippen molar-refractivity contribution in [1.82, 2.24) is 0 Å². The van der Waals surface area contributed by atoms with E-state index in [1.807, 2.05) is 0 Å². The second kappa shape index (κ2) is 4.74. The summed E-state index contributed by atoms with van der Waals surface area (Å²) in [5.74, 6) is 0. The molecule has 0 bridgehead atoms. The molecule has 0 aliphatic carbocycles. The first-order valence-electron chi connectivity index (χ1n) is 2.39.